The fraction of sp³-hybridized carbons (Fsp3) is 0.192. The molecular weight excluding hydrogens is 476 g/mol. The third-order valence-corrected chi connectivity index (χ3v) is 6.13. The third kappa shape index (κ3) is 4.30. The van der Waals surface area contributed by atoms with E-state index in [2.05, 4.69) is 10.4 Å². The minimum absolute atomic E-state index is 0.240. The maximum Gasteiger partial charge on any atom is 0.321 e. The fourth-order valence-corrected chi connectivity index (χ4v) is 4.49. The number of fused-ring (bicyclic) bond motifs is 1. The Morgan fingerprint density at radius 3 is 2.42 bits per heavy atom. The molecule has 3 aromatic carbocycles. The molecule has 0 bridgehead atoms. The van der Waals surface area contributed by atoms with E-state index >= 15 is 0 Å². The molecular formula is C26H20F4N4O2. The second kappa shape index (κ2) is 8.78. The average Bonchev–Trinajstić information content (AvgIpc) is 3.39. The first kappa shape index (κ1) is 23.5. The maximum absolute atomic E-state index is 14.1. The van der Waals surface area contributed by atoms with Crippen LogP contribution in [0.4, 0.5) is 23.2 Å². The quantitative estimate of drug-likeness (QED) is 0.399. The Kier molecular flexibility index (Phi) is 5.74. The molecule has 1 saturated heterocycles. The average molecular weight is 496 g/mol. The molecule has 184 valence electrons. The van der Waals surface area contributed by atoms with E-state index in [-0.39, 0.29) is 12.2 Å². The van der Waals surface area contributed by atoms with Gasteiger partial charge in [-0.2, -0.15) is 13.9 Å². The van der Waals surface area contributed by atoms with Crippen molar-refractivity contribution in [3.8, 4) is 5.69 Å². The van der Waals surface area contributed by atoms with Gasteiger partial charge in [0.2, 0.25) is 5.91 Å². The SMILES string of the molecule is CC(F)(F)C(=O)N[C@H]1CC(=O)N(c2ccc3c(cnn3-c3ccc(F)cc3)c2)[C@@H]1c1cccc(F)c1. The van der Waals surface area contributed by atoms with Crippen LogP contribution in [-0.2, 0) is 9.59 Å². The normalized spacial score (nSPS) is 18.1. The molecule has 2 heterocycles. The lowest BCUT2D eigenvalue weighted by Crippen LogP contribution is -2.46. The molecule has 2 atom stereocenters. The van der Waals surface area contributed by atoms with Crippen molar-refractivity contribution in [3.63, 3.8) is 0 Å². The lowest BCUT2D eigenvalue weighted by atomic mass is 9.99. The molecule has 0 saturated carbocycles. The summed E-state index contributed by atoms with van der Waals surface area (Å²) in [5.74, 6) is -6.51. The third-order valence-electron chi connectivity index (χ3n) is 6.13. The van der Waals surface area contributed by atoms with Crippen molar-refractivity contribution in [3.05, 3.63) is 90.1 Å². The first-order valence-electron chi connectivity index (χ1n) is 11.1. The van der Waals surface area contributed by atoms with Crippen LogP contribution in [0, 0.1) is 11.6 Å². The van der Waals surface area contributed by atoms with Gasteiger partial charge in [0.25, 0.3) is 5.91 Å². The molecule has 1 aromatic heterocycles. The number of nitrogens with zero attached hydrogens (tertiary/aromatic N) is 3. The van der Waals surface area contributed by atoms with E-state index in [4.69, 9.17) is 0 Å². The Bertz CT molecular complexity index is 1460. The molecule has 0 radical (unpaired) electrons. The summed E-state index contributed by atoms with van der Waals surface area (Å²) < 4.78 is 56.3. The Morgan fingerprint density at radius 2 is 1.72 bits per heavy atom. The number of rotatable bonds is 5. The summed E-state index contributed by atoms with van der Waals surface area (Å²) in [7, 11) is 0. The zero-order valence-electron chi connectivity index (χ0n) is 19.0. The van der Waals surface area contributed by atoms with Crippen LogP contribution in [0.2, 0.25) is 0 Å². The largest absolute Gasteiger partial charge is 0.345 e. The van der Waals surface area contributed by atoms with Crippen LogP contribution in [-0.4, -0.2) is 33.6 Å². The van der Waals surface area contributed by atoms with Crippen LogP contribution in [0.15, 0.2) is 72.9 Å². The van der Waals surface area contributed by atoms with Gasteiger partial charge >= 0.3 is 5.92 Å². The van der Waals surface area contributed by atoms with Crippen LogP contribution in [0.1, 0.15) is 24.9 Å². The topological polar surface area (TPSA) is 67.2 Å². The van der Waals surface area contributed by atoms with Crippen molar-refractivity contribution in [2.45, 2.75) is 31.4 Å². The van der Waals surface area contributed by atoms with Crippen molar-refractivity contribution in [2.75, 3.05) is 4.90 Å². The number of carbonyl (C=O) groups excluding carboxylic acids is 2. The first-order chi connectivity index (χ1) is 17.1. The number of nitrogens with one attached hydrogen (secondary N) is 1. The molecule has 1 fully saturated rings. The van der Waals surface area contributed by atoms with Crippen LogP contribution >= 0.6 is 0 Å². The predicted octanol–water partition coefficient (Wildman–Crippen LogP) is 4.92. The second-order valence-electron chi connectivity index (χ2n) is 8.71. The molecule has 6 nitrogen and oxygen atoms in total. The molecule has 10 heteroatoms. The van der Waals surface area contributed by atoms with Crippen LogP contribution in [0.3, 0.4) is 0 Å². The van der Waals surface area contributed by atoms with Gasteiger partial charge in [0, 0.05) is 24.4 Å². The van der Waals surface area contributed by atoms with Gasteiger partial charge < -0.3 is 10.2 Å². The van der Waals surface area contributed by atoms with E-state index in [1.54, 1.807) is 47.3 Å². The van der Waals surface area contributed by atoms with Crippen molar-refractivity contribution in [2.24, 2.45) is 0 Å². The second-order valence-corrected chi connectivity index (χ2v) is 8.71. The number of anilines is 1. The van der Waals surface area contributed by atoms with Crippen molar-refractivity contribution in [1.82, 2.24) is 15.1 Å². The summed E-state index contributed by atoms with van der Waals surface area (Å²) >= 11 is 0. The van der Waals surface area contributed by atoms with Crippen molar-refractivity contribution < 1.29 is 27.2 Å². The van der Waals surface area contributed by atoms with Crippen molar-refractivity contribution >= 4 is 28.4 Å². The number of amides is 2. The molecule has 5 rings (SSSR count). The summed E-state index contributed by atoms with van der Waals surface area (Å²) in [5.41, 5.74) is 2.11. The number of halogens is 4. The highest BCUT2D eigenvalue weighted by atomic mass is 19.3. The minimum Gasteiger partial charge on any atom is -0.345 e. The Morgan fingerprint density at radius 1 is 1.00 bits per heavy atom. The Labute approximate surface area is 203 Å². The maximum atomic E-state index is 14.1. The lowest BCUT2D eigenvalue weighted by molar-refractivity contribution is -0.143. The molecule has 1 N–H and O–H groups in total. The zero-order chi connectivity index (χ0) is 25.6. The summed E-state index contributed by atoms with van der Waals surface area (Å²) in [6.45, 7) is 0.473. The van der Waals surface area contributed by atoms with Gasteiger partial charge in [0.05, 0.1) is 29.5 Å². The molecule has 36 heavy (non-hydrogen) atoms. The molecule has 0 spiro atoms. The fourth-order valence-electron chi connectivity index (χ4n) is 4.49. The van der Waals surface area contributed by atoms with Gasteiger partial charge in [-0.1, -0.05) is 12.1 Å². The number of benzene rings is 3. The minimum atomic E-state index is -3.64. The highest BCUT2D eigenvalue weighted by Crippen LogP contribution is 2.39. The number of hydrogen-bond acceptors (Lipinski definition) is 3. The zero-order valence-corrected chi connectivity index (χ0v) is 19.0. The highest BCUT2D eigenvalue weighted by Gasteiger charge is 2.45. The van der Waals surface area contributed by atoms with Crippen LogP contribution in [0.5, 0.6) is 0 Å². The summed E-state index contributed by atoms with van der Waals surface area (Å²) in [5, 5.41) is 7.28. The first-order valence-corrected chi connectivity index (χ1v) is 11.1. The van der Waals surface area contributed by atoms with Gasteiger partial charge in [-0.3, -0.25) is 9.59 Å². The lowest BCUT2D eigenvalue weighted by Gasteiger charge is -2.29. The Balaban J connectivity index is 1.55. The van der Waals surface area contributed by atoms with Gasteiger partial charge in [0.1, 0.15) is 11.6 Å². The van der Waals surface area contributed by atoms with Gasteiger partial charge in [0.15, 0.2) is 0 Å². The van der Waals surface area contributed by atoms with Gasteiger partial charge in [-0.05, 0) is 60.2 Å². The standard InChI is InChI=1S/C26H20F4N4O2/c1-26(29,30)25(36)32-21-13-23(35)33(24(21)15-3-2-4-18(28)11-15)20-9-10-22-16(12-20)14-31-34(22)19-7-5-17(27)6-8-19/h2-12,14,21,24H,13H2,1H3,(H,32,36)/t21-,24+/m0/s1. The summed E-state index contributed by atoms with van der Waals surface area (Å²) in [4.78, 5) is 26.5. The molecule has 2 amide bonds. The summed E-state index contributed by atoms with van der Waals surface area (Å²) in [6, 6.07) is 14.4. The van der Waals surface area contributed by atoms with E-state index in [9.17, 15) is 27.2 Å². The molecule has 1 aliphatic rings. The number of hydrogen-bond donors (Lipinski definition) is 1. The summed E-state index contributed by atoms with van der Waals surface area (Å²) in [6.07, 6.45) is 1.34. The molecule has 0 aliphatic carbocycles. The Hall–Kier alpha value is -4.21. The monoisotopic (exact) mass is 496 g/mol. The smallest absolute Gasteiger partial charge is 0.321 e. The van der Waals surface area contributed by atoms with E-state index in [0.29, 0.717) is 34.8 Å². The van der Waals surface area contributed by atoms with E-state index in [1.807, 2.05) is 0 Å². The number of carbonyl (C=O) groups is 2. The molecule has 0 unspecified atom stereocenters. The number of aromatic nitrogens is 2. The highest BCUT2D eigenvalue weighted by molar-refractivity contribution is 6.00. The number of alkyl halides is 2. The van der Waals surface area contributed by atoms with Gasteiger partial charge in [-0.15, -0.1) is 0 Å². The van der Waals surface area contributed by atoms with Crippen LogP contribution < -0.4 is 10.2 Å². The molecule has 4 aromatic rings. The predicted molar refractivity (Wildman–Crippen MR) is 125 cm³/mol. The van der Waals surface area contributed by atoms with E-state index in [0.717, 1.165) is 0 Å². The van der Waals surface area contributed by atoms with Gasteiger partial charge in [-0.25, -0.2) is 13.5 Å². The van der Waals surface area contributed by atoms with Crippen LogP contribution in [0.25, 0.3) is 16.6 Å². The molecule has 1 aliphatic heterocycles. The van der Waals surface area contributed by atoms with E-state index < -0.39 is 35.6 Å². The van der Waals surface area contributed by atoms with E-state index in [1.165, 1.54) is 35.2 Å². The van der Waals surface area contributed by atoms with Crippen molar-refractivity contribution in [1.29, 1.82) is 0 Å².